The van der Waals surface area contributed by atoms with E-state index in [1.54, 1.807) is 6.92 Å². The highest BCUT2D eigenvalue weighted by Gasteiger charge is 2.24. The average Bonchev–Trinajstić information content (AvgIpc) is 2.28. The van der Waals surface area contributed by atoms with Crippen molar-refractivity contribution in [1.82, 2.24) is 9.78 Å². The summed E-state index contributed by atoms with van der Waals surface area (Å²) in [6.07, 6.45) is 0. The van der Waals surface area contributed by atoms with Gasteiger partial charge in [0.15, 0.2) is 5.69 Å². The molecule has 0 saturated heterocycles. The number of hydrogen-bond donors (Lipinski definition) is 1. The Hall–Kier alpha value is -1.03. The predicted molar refractivity (Wildman–Crippen MR) is 53.9 cm³/mol. The normalized spacial score (nSPS) is 11.8. The van der Waals surface area contributed by atoms with Crippen molar-refractivity contribution in [3.8, 4) is 0 Å². The summed E-state index contributed by atoms with van der Waals surface area (Å²) in [5.74, 6) is -1.05. The Morgan fingerprint density at radius 2 is 2.00 bits per heavy atom. The summed E-state index contributed by atoms with van der Waals surface area (Å²) >= 11 is 5.98. The van der Waals surface area contributed by atoms with Gasteiger partial charge in [-0.3, -0.25) is 0 Å². The highest BCUT2D eigenvalue weighted by atomic mass is 35.5. The van der Waals surface area contributed by atoms with Gasteiger partial charge in [0.05, 0.1) is 5.54 Å². The molecule has 0 aliphatic rings. The first kappa shape index (κ1) is 11.0. The fraction of sp³-hybridized carbons (Fsp3) is 0.556. The van der Waals surface area contributed by atoms with Crippen LogP contribution in [0.1, 0.15) is 36.8 Å². The van der Waals surface area contributed by atoms with Crippen LogP contribution in [0.2, 0.25) is 5.15 Å². The number of hydrogen-bond acceptors (Lipinski definition) is 2. The first-order valence-electron chi connectivity index (χ1n) is 4.24. The average molecular weight is 217 g/mol. The van der Waals surface area contributed by atoms with Crippen molar-refractivity contribution in [2.24, 2.45) is 0 Å². The molecule has 1 aromatic heterocycles. The summed E-state index contributed by atoms with van der Waals surface area (Å²) in [6.45, 7) is 7.39. The number of rotatable bonds is 1. The molecular weight excluding hydrogens is 204 g/mol. The molecule has 0 unspecified atom stereocenters. The molecule has 1 aromatic rings. The monoisotopic (exact) mass is 216 g/mol. The number of nitrogens with zero attached hydrogens (tertiary/aromatic N) is 2. The Balaban J connectivity index is 3.37. The molecule has 1 rings (SSSR count). The third-order valence-corrected chi connectivity index (χ3v) is 2.33. The van der Waals surface area contributed by atoms with Crippen LogP contribution in [0.4, 0.5) is 0 Å². The van der Waals surface area contributed by atoms with Gasteiger partial charge < -0.3 is 5.11 Å². The van der Waals surface area contributed by atoms with Gasteiger partial charge in [0.25, 0.3) is 0 Å². The number of carboxylic acid groups (broad SMARTS) is 1. The maximum Gasteiger partial charge on any atom is 0.356 e. The zero-order valence-electron chi connectivity index (χ0n) is 8.63. The van der Waals surface area contributed by atoms with E-state index in [9.17, 15) is 4.79 Å². The van der Waals surface area contributed by atoms with E-state index in [-0.39, 0.29) is 11.2 Å². The van der Waals surface area contributed by atoms with Gasteiger partial charge in [-0.25, -0.2) is 9.48 Å². The molecule has 0 atom stereocenters. The lowest BCUT2D eigenvalue weighted by Crippen LogP contribution is -2.23. The topological polar surface area (TPSA) is 55.1 Å². The van der Waals surface area contributed by atoms with E-state index in [1.807, 2.05) is 20.8 Å². The second kappa shape index (κ2) is 3.28. The number of carboxylic acids is 1. The molecule has 4 nitrogen and oxygen atoms in total. The molecule has 0 bridgehead atoms. The van der Waals surface area contributed by atoms with Crippen molar-refractivity contribution < 1.29 is 9.90 Å². The molecule has 1 heterocycles. The predicted octanol–water partition coefficient (Wildman–Crippen LogP) is 2.30. The van der Waals surface area contributed by atoms with Crippen molar-refractivity contribution in [2.45, 2.75) is 33.2 Å². The van der Waals surface area contributed by atoms with Crippen LogP contribution in [0, 0.1) is 6.92 Å². The quantitative estimate of drug-likeness (QED) is 0.784. The Morgan fingerprint density at radius 1 is 1.50 bits per heavy atom. The Morgan fingerprint density at radius 3 is 2.21 bits per heavy atom. The van der Waals surface area contributed by atoms with Crippen molar-refractivity contribution in [1.29, 1.82) is 0 Å². The molecular formula is C9H13ClN2O2. The van der Waals surface area contributed by atoms with Crippen molar-refractivity contribution in [3.05, 3.63) is 16.4 Å². The molecule has 0 radical (unpaired) electrons. The number of halogens is 1. The van der Waals surface area contributed by atoms with Gasteiger partial charge in [0.1, 0.15) is 5.15 Å². The van der Waals surface area contributed by atoms with E-state index in [0.717, 1.165) is 0 Å². The molecule has 0 fully saturated rings. The minimum atomic E-state index is -1.05. The van der Waals surface area contributed by atoms with Gasteiger partial charge in [-0.15, -0.1) is 0 Å². The van der Waals surface area contributed by atoms with Gasteiger partial charge in [-0.05, 0) is 27.7 Å². The van der Waals surface area contributed by atoms with Crippen LogP contribution < -0.4 is 0 Å². The molecule has 78 valence electrons. The van der Waals surface area contributed by atoms with Crippen molar-refractivity contribution in [2.75, 3.05) is 0 Å². The standard InChI is InChI=1S/C9H13ClN2O2/c1-5-6(8(13)14)11-12(7(5)10)9(2,3)4/h1-4H3,(H,13,14). The smallest absolute Gasteiger partial charge is 0.356 e. The van der Waals surface area contributed by atoms with Crippen LogP contribution in [0.3, 0.4) is 0 Å². The largest absolute Gasteiger partial charge is 0.476 e. The lowest BCUT2D eigenvalue weighted by molar-refractivity contribution is 0.0688. The van der Waals surface area contributed by atoms with Crippen LogP contribution in [0.15, 0.2) is 0 Å². The van der Waals surface area contributed by atoms with Crippen LogP contribution in [0.25, 0.3) is 0 Å². The first-order chi connectivity index (χ1) is 6.25. The second-order valence-corrected chi connectivity index (χ2v) is 4.51. The summed E-state index contributed by atoms with van der Waals surface area (Å²) in [7, 11) is 0. The van der Waals surface area contributed by atoms with Crippen molar-refractivity contribution in [3.63, 3.8) is 0 Å². The van der Waals surface area contributed by atoms with E-state index < -0.39 is 5.97 Å². The highest BCUT2D eigenvalue weighted by molar-refractivity contribution is 6.30. The number of carbonyl (C=O) groups is 1. The van der Waals surface area contributed by atoms with E-state index in [0.29, 0.717) is 10.7 Å². The van der Waals surface area contributed by atoms with Crippen molar-refractivity contribution >= 4 is 17.6 Å². The van der Waals surface area contributed by atoms with Gasteiger partial charge in [0.2, 0.25) is 0 Å². The molecule has 1 N–H and O–H groups in total. The van der Waals surface area contributed by atoms with Crippen LogP contribution >= 0.6 is 11.6 Å². The highest BCUT2D eigenvalue weighted by Crippen LogP contribution is 2.25. The number of aromatic carboxylic acids is 1. The van der Waals surface area contributed by atoms with E-state index in [2.05, 4.69) is 5.10 Å². The molecule has 0 saturated carbocycles. The molecule has 0 aliphatic carbocycles. The van der Waals surface area contributed by atoms with E-state index in [1.165, 1.54) is 4.68 Å². The summed E-state index contributed by atoms with van der Waals surface area (Å²) in [5.41, 5.74) is 0.217. The maximum atomic E-state index is 10.8. The summed E-state index contributed by atoms with van der Waals surface area (Å²) < 4.78 is 1.52. The summed E-state index contributed by atoms with van der Waals surface area (Å²) in [5, 5.41) is 13.2. The molecule has 14 heavy (non-hydrogen) atoms. The first-order valence-corrected chi connectivity index (χ1v) is 4.62. The van der Waals surface area contributed by atoms with Crippen LogP contribution in [0.5, 0.6) is 0 Å². The van der Waals surface area contributed by atoms with Gasteiger partial charge >= 0.3 is 5.97 Å². The fourth-order valence-corrected chi connectivity index (χ4v) is 1.50. The SMILES string of the molecule is Cc1c(C(=O)O)nn(C(C)(C)C)c1Cl. The molecule has 0 aliphatic heterocycles. The van der Waals surface area contributed by atoms with Gasteiger partial charge in [0, 0.05) is 5.56 Å². The molecule has 0 aromatic carbocycles. The zero-order valence-corrected chi connectivity index (χ0v) is 9.38. The Kier molecular flexibility index (Phi) is 2.58. The second-order valence-electron chi connectivity index (χ2n) is 4.15. The summed E-state index contributed by atoms with van der Waals surface area (Å²) in [4.78, 5) is 10.8. The summed E-state index contributed by atoms with van der Waals surface area (Å²) in [6, 6.07) is 0. The van der Waals surface area contributed by atoms with E-state index in [4.69, 9.17) is 16.7 Å². The minimum Gasteiger partial charge on any atom is -0.476 e. The maximum absolute atomic E-state index is 10.8. The van der Waals surface area contributed by atoms with Gasteiger partial charge in [-0.1, -0.05) is 11.6 Å². The van der Waals surface area contributed by atoms with Gasteiger partial charge in [-0.2, -0.15) is 5.10 Å². The fourth-order valence-electron chi connectivity index (χ4n) is 1.12. The lowest BCUT2D eigenvalue weighted by Gasteiger charge is -2.20. The third kappa shape index (κ3) is 1.75. The lowest BCUT2D eigenvalue weighted by atomic mass is 10.1. The van der Waals surface area contributed by atoms with E-state index >= 15 is 0 Å². The molecule has 0 amide bonds. The Labute approximate surface area is 87.5 Å². The van der Waals surface area contributed by atoms with Crippen LogP contribution in [-0.2, 0) is 5.54 Å². The Bertz CT molecular complexity index is 377. The minimum absolute atomic E-state index is 0.0184. The third-order valence-electron chi connectivity index (χ3n) is 1.89. The van der Waals surface area contributed by atoms with Crippen LogP contribution in [-0.4, -0.2) is 20.9 Å². The number of aromatic nitrogens is 2. The zero-order chi connectivity index (χ0) is 11.1. The molecule has 0 spiro atoms. The molecule has 5 heteroatoms.